The van der Waals surface area contributed by atoms with E-state index in [-0.39, 0.29) is 5.97 Å². The summed E-state index contributed by atoms with van der Waals surface area (Å²) in [5.74, 6) is -0.222. The maximum absolute atomic E-state index is 10.8. The van der Waals surface area contributed by atoms with Gasteiger partial charge in [0.15, 0.2) is 0 Å². The van der Waals surface area contributed by atoms with Crippen LogP contribution in [0.5, 0.6) is 0 Å². The van der Waals surface area contributed by atoms with E-state index in [9.17, 15) is 4.79 Å². The molecule has 0 N–H and O–H groups in total. The van der Waals surface area contributed by atoms with Gasteiger partial charge in [0.1, 0.15) is 6.61 Å². The van der Waals surface area contributed by atoms with Crippen molar-refractivity contribution >= 4 is 19.2 Å². The van der Waals surface area contributed by atoms with E-state index in [2.05, 4.69) is 25.7 Å². The van der Waals surface area contributed by atoms with Crippen LogP contribution in [0.25, 0.3) is 0 Å². The molecule has 0 amide bonds. The van der Waals surface area contributed by atoms with Crippen molar-refractivity contribution in [2.75, 3.05) is 0 Å². The summed E-state index contributed by atoms with van der Waals surface area (Å²) in [5, 5.41) is 1.37. The van der Waals surface area contributed by atoms with Gasteiger partial charge in [0.2, 0.25) is 0 Å². The van der Waals surface area contributed by atoms with Gasteiger partial charge in [0.05, 0.1) is 8.07 Å². The Balaban J connectivity index is 2.92. The van der Waals surface area contributed by atoms with E-state index in [0.717, 1.165) is 5.56 Å². The first-order valence-electron chi connectivity index (χ1n) is 5.13. The minimum atomic E-state index is -1.34. The van der Waals surface area contributed by atoms with Crippen LogP contribution >= 0.6 is 0 Å². The molecule has 1 aromatic carbocycles. The highest BCUT2D eigenvalue weighted by molar-refractivity contribution is 6.89. The third-order valence-electron chi connectivity index (χ3n) is 2.26. The van der Waals surface area contributed by atoms with E-state index in [0.29, 0.717) is 6.61 Å². The molecule has 0 fully saturated rings. The molecule has 3 heteroatoms. The molecule has 1 rings (SSSR count). The van der Waals surface area contributed by atoms with Gasteiger partial charge in [0, 0.05) is 6.92 Å². The number of benzene rings is 1. The Morgan fingerprint density at radius 1 is 1.27 bits per heavy atom. The number of carbonyl (C=O) groups excluding carboxylic acids is 1. The fourth-order valence-corrected chi connectivity index (χ4v) is 3.27. The second kappa shape index (κ2) is 4.62. The Labute approximate surface area is 92.3 Å². The van der Waals surface area contributed by atoms with Crippen LogP contribution in [0.4, 0.5) is 0 Å². The van der Waals surface area contributed by atoms with E-state index in [1.807, 2.05) is 18.2 Å². The molecule has 0 aliphatic heterocycles. The number of carbonyl (C=O) groups is 1. The Hall–Kier alpha value is -1.09. The number of hydrogen-bond donors (Lipinski definition) is 0. The lowest BCUT2D eigenvalue weighted by Gasteiger charge is -2.20. The van der Waals surface area contributed by atoms with Crippen LogP contribution < -0.4 is 5.19 Å². The zero-order valence-electron chi connectivity index (χ0n) is 9.83. The van der Waals surface area contributed by atoms with Crippen molar-refractivity contribution in [3.05, 3.63) is 29.8 Å². The summed E-state index contributed by atoms with van der Waals surface area (Å²) in [4.78, 5) is 10.8. The fraction of sp³-hybridized carbons (Fsp3) is 0.417. The smallest absolute Gasteiger partial charge is 0.302 e. The first-order valence-corrected chi connectivity index (χ1v) is 8.63. The first-order chi connectivity index (χ1) is 6.91. The molecule has 0 atom stereocenters. The summed E-state index contributed by atoms with van der Waals surface area (Å²) < 4.78 is 5.05. The summed E-state index contributed by atoms with van der Waals surface area (Å²) in [7, 11) is -1.34. The van der Waals surface area contributed by atoms with Gasteiger partial charge in [-0.05, 0) is 5.56 Å². The van der Waals surface area contributed by atoms with Gasteiger partial charge in [0.25, 0.3) is 0 Å². The summed E-state index contributed by atoms with van der Waals surface area (Å²) in [6.07, 6.45) is 0. The molecule has 0 spiro atoms. The van der Waals surface area contributed by atoms with Gasteiger partial charge in [-0.2, -0.15) is 0 Å². The molecule has 0 saturated carbocycles. The minimum Gasteiger partial charge on any atom is -0.461 e. The van der Waals surface area contributed by atoms with Crippen LogP contribution in [-0.2, 0) is 16.1 Å². The van der Waals surface area contributed by atoms with Crippen molar-refractivity contribution in [3.63, 3.8) is 0 Å². The zero-order valence-corrected chi connectivity index (χ0v) is 10.8. The molecule has 2 nitrogen and oxygen atoms in total. The summed E-state index contributed by atoms with van der Waals surface area (Å²) in [6, 6.07) is 8.22. The maximum atomic E-state index is 10.8. The second-order valence-corrected chi connectivity index (χ2v) is 9.73. The average molecular weight is 222 g/mol. The molecule has 0 bridgehead atoms. The lowest BCUT2D eigenvalue weighted by molar-refractivity contribution is -0.142. The highest BCUT2D eigenvalue weighted by Crippen LogP contribution is 2.08. The van der Waals surface area contributed by atoms with Gasteiger partial charge in [-0.3, -0.25) is 4.79 Å². The predicted molar refractivity (Wildman–Crippen MR) is 64.9 cm³/mol. The van der Waals surface area contributed by atoms with Gasteiger partial charge in [-0.15, -0.1) is 0 Å². The molecule has 0 unspecified atom stereocenters. The van der Waals surface area contributed by atoms with E-state index in [4.69, 9.17) is 4.74 Å². The molecule has 0 aromatic heterocycles. The fourth-order valence-electron chi connectivity index (χ4n) is 1.56. The van der Waals surface area contributed by atoms with Crippen LogP contribution in [0.15, 0.2) is 24.3 Å². The normalized spacial score (nSPS) is 11.2. The number of esters is 1. The van der Waals surface area contributed by atoms with Crippen molar-refractivity contribution < 1.29 is 9.53 Å². The molecule has 15 heavy (non-hydrogen) atoms. The van der Waals surface area contributed by atoms with E-state index < -0.39 is 8.07 Å². The quantitative estimate of drug-likeness (QED) is 0.579. The van der Waals surface area contributed by atoms with Crippen molar-refractivity contribution in [2.24, 2.45) is 0 Å². The number of rotatable bonds is 3. The monoisotopic (exact) mass is 222 g/mol. The standard InChI is InChI=1S/C12H18O2Si/c1-10(13)14-9-11-7-5-6-8-12(11)15(2,3)4/h5-8H,9H2,1-4H3. The van der Waals surface area contributed by atoms with Crippen molar-refractivity contribution in [2.45, 2.75) is 33.2 Å². The largest absolute Gasteiger partial charge is 0.461 e. The number of ether oxygens (including phenoxy) is 1. The predicted octanol–water partition coefficient (Wildman–Crippen LogP) is 2.29. The van der Waals surface area contributed by atoms with Gasteiger partial charge >= 0.3 is 5.97 Å². The number of hydrogen-bond acceptors (Lipinski definition) is 2. The Bertz CT molecular complexity index is 353. The lowest BCUT2D eigenvalue weighted by atomic mass is 10.2. The second-order valence-electron chi connectivity index (χ2n) is 4.69. The average Bonchev–Trinajstić information content (AvgIpc) is 2.13. The molecule has 0 aliphatic carbocycles. The maximum Gasteiger partial charge on any atom is 0.302 e. The van der Waals surface area contributed by atoms with Crippen molar-refractivity contribution in [1.82, 2.24) is 0 Å². The Kier molecular flexibility index (Phi) is 3.69. The van der Waals surface area contributed by atoms with Gasteiger partial charge < -0.3 is 4.74 Å². The highest BCUT2D eigenvalue weighted by atomic mass is 28.3. The third-order valence-corrected chi connectivity index (χ3v) is 4.36. The Morgan fingerprint density at radius 3 is 2.40 bits per heavy atom. The molecular weight excluding hydrogens is 204 g/mol. The van der Waals surface area contributed by atoms with E-state index in [1.165, 1.54) is 12.1 Å². The zero-order chi connectivity index (χ0) is 11.5. The lowest BCUT2D eigenvalue weighted by Crippen LogP contribution is -2.40. The highest BCUT2D eigenvalue weighted by Gasteiger charge is 2.19. The van der Waals surface area contributed by atoms with Crippen molar-refractivity contribution in [3.8, 4) is 0 Å². The molecule has 0 radical (unpaired) electrons. The van der Waals surface area contributed by atoms with Gasteiger partial charge in [-0.25, -0.2) is 0 Å². The molecule has 1 aromatic rings. The van der Waals surface area contributed by atoms with Crippen LogP contribution in [0, 0.1) is 0 Å². The summed E-state index contributed by atoms with van der Waals surface area (Å²) in [6.45, 7) is 8.71. The van der Waals surface area contributed by atoms with Crippen LogP contribution in [0.1, 0.15) is 12.5 Å². The third kappa shape index (κ3) is 3.51. The van der Waals surface area contributed by atoms with Gasteiger partial charge in [-0.1, -0.05) is 49.1 Å². The summed E-state index contributed by atoms with van der Waals surface area (Å²) in [5.41, 5.74) is 1.15. The van der Waals surface area contributed by atoms with Crippen LogP contribution in [0.3, 0.4) is 0 Å². The molecular formula is C12H18O2Si. The molecule has 0 aliphatic rings. The van der Waals surface area contributed by atoms with Crippen LogP contribution in [0.2, 0.25) is 19.6 Å². The first kappa shape index (κ1) is 12.0. The van der Waals surface area contributed by atoms with E-state index >= 15 is 0 Å². The van der Waals surface area contributed by atoms with E-state index in [1.54, 1.807) is 0 Å². The van der Waals surface area contributed by atoms with Crippen molar-refractivity contribution in [1.29, 1.82) is 0 Å². The Morgan fingerprint density at radius 2 is 1.87 bits per heavy atom. The summed E-state index contributed by atoms with van der Waals surface area (Å²) >= 11 is 0. The molecule has 0 heterocycles. The minimum absolute atomic E-state index is 0.222. The SMILES string of the molecule is CC(=O)OCc1ccccc1[Si](C)(C)C. The molecule has 82 valence electrons. The van der Waals surface area contributed by atoms with Crippen LogP contribution in [-0.4, -0.2) is 14.0 Å². The topological polar surface area (TPSA) is 26.3 Å². The molecule has 0 saturated heterocycles.